The lowest BCUT2D eigenvalue weighted by Gasteiger charge is -2.13. The van der Waals surface area contributed by atoms with Crippen LogP contribution in [0.1, 0.15) is 28.8 Å². The Bertz CT molecular complexity index is 812. The van der Waals surface area contributed by atoms with Crippen molar-refractivity contribution in [2.45, 2.75) is 25.4 Å². The molecule has 0 aliphatic carbocycles. The molecule has 2 N–H and O–H groups in total. The summed E-state index contributed by atoms with van der Waals surface area (Å²) in [5.41, 5.74) is 0.402. The van der Waals surface area contributed by atoms with E-state index < -0.39 is 0 Å². The van der Waals surface area contributed by atoms with Crippen molar-refractivity contribution in [3.05, 3.63) is 68.1 Å². The number of aromatic nitrogens is 1. The van der Waals surface area contributed by atoms with E-state index in [9.17, 15) is 9.59 Å². The Morgan fingerprint density at radius 2 is 1.96 bits per heavy atom. The van der Waals surface area contributed by atoms with Gasteiger partial charge in [-0.05, 0) is 43.7 Å². The van der Waals surface area contributed by atoms with Crippen LogP contribution in [0.15, 0.2) is 41.3 Å². The van der Waals surface area contributed by atoms with Gasteiger partial charge in [-0.15, -0.1) is 12.4 Å². The number of halogens is 3. The highest BCUT2D eigenvalue weighted by Crippen LogP contribution is 2.24. The maximum Gasteiger partial charge on any atom is 0.263 e. The van der Waals surface area contributed by atoms with Crippen molar-refractivity contribution in [2.24, 2.45) is 0 Å². The molecule has 1 aromatic carbocycles. The third kappa shape index (κ3) is 4.80. The smallest absolute Gasteiger partial charge is 0.263 e. The Kier molecular flexibility index (Phi) is 7.53. The van der Waals surface area contributed by atoms with Crippen LogP contribution in [0.5, 0.6) is 0 Å². The van der Waals surface area contributed by atoms with Crippen molar-refractivity contribution in [1.82, 2.24) is 15.2 Å². The first-order valence-corrected chi connectivity index (χ1v) is 8.96. The van der Waals surface area contributed by atoms with E-state index in [1.54, 1.807) is 30.5 Å². The van der Waals surface area contributed by atoms with E-state index in [-0.39, 0.29) is 42.0 Å². The van der Waals surface area contributed by atoms with Crippen molar-refractivity contribution < 1.29 is 4.79 Å². The maximum absolute atomic E-state index is 12.6. The molecule has 0 radical (unpaired) electrons. The minimum atomic E-state index is -0.365. The van der Waals surface area contributed by atoms with Gasteiger partial charge in [-0.2, -0.15) is 0 Å². The SMILES string of the molecule is Cl.O=C(NC[C@@H]1CCCN1)c1cccn(Cc2c(Cl)cccc2Cl)c1=O. The molecule has 5 nitrogen and oxygen atoms in total. The summed E-state index contributed by atoms with van der Waals surface area (Å²) in [4.78, 5) is 25.0. The van der Waals surface area contributed by atoms with Crippen LogP contribution in [0.2, 0.25) is 10.0 Å². The van der Waals surface area contributed by atoms with Gasteiger partial charge in [-0.1, -0.05) is 29.3 Å². The molecular weight excluding hydrogens is 397 g/mol. The molecule has 0 saturated carbocycles. The molecule has 1 fully saturated rings. The predicted octanol–water partition coefficient (Wildman–Crippen LogP) is 3.11. The standard InChI is InChI=1S/C18H19Cl2N3O2.ClH/c19-15-6-1-7-16(20)14(15)11-23-9-3-5-13(18(23)25)17(24)22-10-12-4-2-8-21-12;/h1,3,5-7,9,12,21H,2,4,8,10-11H2,(H,22,24);1H/t12-;/m0./s1. The summed E-state index contributed by atoms with van der Waals surface area (Å²) < 4.78 is 1.44. The Morgan fingerprint density at radius 3 is 2.62 bits per heavy atom. The van der Waals surface area contributed by atoms with Gasteiger partial charge in [0.1, 0.15) is 5.56 Å². The molecule has 140 valence electrons. The number of nitrogens with one attached hydrogen (secondary N) is 2. The van der Waals surface area contributed by atoms with Gasteiger partial charge in [0.2, 0.25) is 0 Å². The maximum atomic E-state index is 12.6. The van der Waals surface area contributed by atoms with E-state index >= 15 is 0 Å². The average Bonchev–Trinajstić information content (AvgIpc) is 3.11. The van der Waals surface area contributed by atoms with Crippen LogP contribution in [-0.4, -0.2) is 29.6 Å². The normalized spacial score (nSPS) is 16.2. The Morgan fingerprint density at radius 1 is 1.23 bits per heavy atom. The van der Waals surface area contributed by atoms with Gasteiger partial charge in [-0.25, -0.2) is 0 Å². The summed E-state index contributed by atoms with van der Waals surface area (Å²) in [6, 6.07) is 8.67. The van der Waals surface area contributed by atoms with E-state index in [0.717, 1.165) is 19.4 Å². The highest BCUT2D eigenvalue weighted by atomic mass is 35.5. The Hall–Kier alpha value is -1.53. The first-order valence-electron chi connectivity index (χ1n) is 8.20. The van der Waals surface area contributed by atoms with Gasteiger partial charge < -0.3 is 15.2 Å². The van der Waals surface area contributed by atoms with E-state index in [1.807, 2.05) is 0 Å². The lowest BCUT2D eigenvalue weighted by atomic mass is 10.2. The van der Waals surface area contributed by atoms with Crippen LogP contribution in [0.25, 0.3) is 0 Å². The molecule has 0 unspecified atom stereocenters. The largest absolute Gasteiger partial charge is 0.350 e. The minimum absolute atomic E-state index is 0. The fourth-order valence-corrected chi connectivity index (χ4v) is 3.45. The lowest BCUT2D eigenvalue weighted by molar-refractivity contribution is 0.0948. The van der Waals surface area contributed by atoms with Crippen molar-refractivity contribution in [1.29, 1.82) is 0 Å². The molecule has 3 rings (SSSR count). The summed E-state index contributed by atoms with van der Waals surface area (Å²) in [5, 5.41) is 7.11. The minimum Gasteiger partial charge on any atom is -0.350 e. The number of hydrogen-bond acceptors (Lipinski definition) is 3. The van der Waals surface area contributed by atoms with Gasteiger partial charge in [0.25, 0.3) is 11.5 Å². The zero-order chi connectivity index (χ0) is 17.8. The van der Waals surface area contributed by atoms with E-state index in [2.05, 4.69) is 10.6 Å². The number of amides is 1. The van der Waals surface area contributed by atoms with Gasteiger partial charge in [0.15, 0.2) is 0 Å². The number of pyridine rings is 1. The highest BCUT2D eigenvalue weighted by molar-refractivity contribution is 6.35. The van der Waals surface area contributed by atoms with Crippen LogP contribution in [0.3, 0.4) is 0 Å². The van der Waals surface area contributed by atoms with E-state index in [4.69, 9.17) is 23.2 Å². The molecule has 0 bridgehead atoms. The summed E-state index contributed by atoms with van der Waals surface area (Å²) >= 11 is 12.3. The number of carbonyl (C=O) groups excluding carboxylic acids is 1. The summed E-state index contributed by atoms with van der Waals surface area (Å²) in [5.74, 6) is -0.363. The Labute approximate surface area is 168 Å². The number of carbonyl (C=O) groups is 1. The van der Waals surface area contributed by atoms with Crippen molar-refractivity contribution in [2.75, 3.05) is 13.1 Å². The molecule has 1 aliphatic rings. The quantitative estimate of drug-likeness (QED) is 0.787. The lowest BCUT2D eigenvalue weighted by Crippen LogP contribution is -2.39. The van der Waals surface area contributed by atoms with Crippen LogP contribution in [0, 0.1) is 0 Å². The van der Waals surface area contributed by atoms with Crippen LogP contribution in [-0.2, 0) is 6.54 Å². The second-order valence-corrected chi connectivity index (χ2v) is 6.87. The molecular formula is C18H20Cl3N3O2. The molecule has 1 atom stereocenters. The molecule has 2 aromatic rings. The summed E-state index contributed by atoms with van der Waals surface area (Å²) in [7, 11) is 0. The Balaban J connectivity index is 0.00000243. The van der Waals surface area contributed by atoms with Crippen LogP contribution in [0.4, 0.5) is 0 Å². The molecule has 1 aliphatic heterocycles. The van der Waals surface area contributed by atoms with Crippen LogP contribution >= 0.6 is 35.6 Å². The van der Waals surface area contributed by atoms with Crippen molar-refractivity contribution >= 4 is 41.5 Å². The number of benzene rings is 1. The fraction of sp³-hybridized carbons (Fsp3) is 0.333. The monoisotopic (exact) mass is 415 g/mol. The molecule has 8 heteroatoms. The zero-order valence-corrected chi connectivity index (χ0v) is 16.3. The third-order valence-corrected chi connectivity index (χ3v) is 5.03. The number of rotatable bonds is 5. The highest BCUT2D eigenvalue weighted by Gasteiger charge is 2.17. The van der Waals surface area contributed by atoms with Gasteiger partial charge in [0, 0.05) is 34.4 Å². The fourth-order valence-electron chi connectivity index (χ4n) is 2.93. The van der Waals surface area contributed by atoms with Gasteiger partial charge >= 0.3 is 0 Å². The zero-order valence-electron chi connectivity index (χ0n) is 14.0. The molecule has 1 aromatic heterocycles. The first-order chi connectivity index (χ1) is 12.1. The van der Waals surface area contributed by atoms with E-state index in [1.165, 1.54) is 10.6 Å². The molecule has 0 spiro atoms. The molecule has 2 heterocycles. The third-order valence-electron chi connectivity index (χ3n) is 4.33. The predicted molar refractivity (Wildman–Crippen MR) is 107 cm³/mol. The molecule has 1 saturated heterocycles. The number of hydrogen-bond donors (Lipinski definition) is 2. The molecule has 26 heavy (non-hydrogen) atoms. The van der Waals surface area contributed by atoms with Crippen molar-refractivity contribution in [3.8, 4) is 0 Å². The topological polar surface area (TPSA) is 63.1 Å². The summed E-state index contributed by atoms with van der Waals surface area (Å²) in [6.45, 7) is 1.70. The summed E-state index contributed by atoms with van der Waals surface area (Å²) in [6.07, 6.45) is 3.76. The van der Waals surface area contributed by atoms with Crippen LogP contribution < -0.4 is 16.2 Å². The average molecular weight is 417 g/mol. The second-order valence-electron chi connectivity index (χ2n) is 6.06. The van der Waals surface area contributed by atoms with Crippen molar-refractivity contribution in [3.63, 3.8) is 0 Å². The molecule has 1 amide bonds. The second kappa shape index (κ2) is 9.42. The van der Waals surface area contributed by atoms with Gasteiger partial charge in [-0.3, -0.25) is 9.59 Å². The van der Waals surface area contributed by atoms with E-state index in [0.29, 0.717) is 22.2 Å². The first kappa shape index (κ1) is 20.8. The number of nitrogens with zero attached hydrogens (tertiary/aromatic N) is 1. The van der Waals surface area contributed by atoms with Gasteiger partial charge in [0.05, 0.1) is 6.54 Å².